The number of fused-ring (bicyclic) bond motifs is 1. The first-order chi connectivity index (χ1) is 12.2. The Hall–Kier alpha value is -2.54. The summed E-state index contributed by atoms with van der Waals surface area (Å²) in [5, 5.41) is 0. The molecular weight excluding hydrogens is 334 g/mol. The van der Waals surface area contributed by atoms with Gasteiger partial charge in [-0.15, -0.1) is 0 Å². The summed E-state index contributed by atoms with van der Waals surface area (Å²) in [6.07, 6.45) is 6.92. The molecule has 1 aliphatic heterocycles. The van der Waals surface area contributed by atoms with Gasteiger partial charge in [-0.05, 0) is 25.0 Å². The third kappa shape index (κ3) is 3.19. The summed E-state index contributed by atoms with van der Waals surface area (Å²) < 4.78 is 3.13. The van der Waals surface area contributed by atoms with Gasteiger partial charge in [0.2, 0.25) is 0 Å². The van der Waals surface area contributed by atoms with Gasteiger partial charge in [0, 0.05) is 32.5 Å². The number of benzene rings is 1. The van der Waals surface area contributed by atoms with Crippen molar-refractivity contribution in [3.8, 4) is 0 Å². The second-order valence-corrected chi connectivity index (χ2v) is 7.22. The third-order valence-electron chi connectivity index (χ3n) is 4.56. The number of carbonyl (C=O) groups is 1. The average Bonchev–Trinajstić information content (AvgIpc) is 2.98. The number of aromatic nitrogens is 3. The van der Waals surface area contributed by atoms with E-state index >= 15 is 0 Å². The standard InChI is InChI=1S/C18H19N5OS/c1-22-14-6-2-3-7-15(14)25-18(22)21-17(24)13-5-4-10-23(12-13)16-11-19-8-9-20-16/h2-3,6-9,11,13H,4-5,10,12H2,1H3. The number of hydrogen-bond donors (Lipinski definition) is 0. The molecule has 3 aromatic rings. The summed E-state index contributed by atoms with van der Waals surface area (Å²) in [4.78, 5) is 28.5. The molecule has 4 rings (SSSR count). The van der Waals surface area contributed by atoms with Crippen molar-refractivity contribution in [3.05, 3.63) is 47.7 Å². The minimum atomic E-state index is -0.0963. The largest absolute Gasteiger partial charge is 0.355 e. The van der Waals surface area contributed by atoms with Crippen molar-refractivity contribution >= 4 is 33.3 Å². The highest BCUT2D eigenvalue weighted by Gasteiger charge is 2.26. The predicted molar refractivity (Wildman–Crippen MR) is 98.3 cm³/mol. The molecule has 0 saturated carbocycles. The Balaban J connectivity index is 1.58. The maximum absolute atomic E-state index is 12.7. The Kier molecular flexibility index (Phi) is 4.31. The van der Waals surface area contributed by atoms with E-state index in [2.05, 4.69) is 25.9 Å². The first-order valence-corrected chi connectivity index (χ1v) is 9.18. The number of anilines is 1. The molecule has 0 radical (unpaired) electrons. The Morgan fingerprint density at radius 1 is 1.32 bits per heavy atom. The predicted octanol–water partition coefficient (Wildman–Crippen LogP) is 2.37. The van der Waals surface area contributed by atoms with Crippen LogP contribution >= 0.6 is 11.3 Å². The number of nitrogens with zero attached hydrogens (tertiary/aromatic N) is 5. The number of hydrogen-bond acceptors (Lipinski definition) is 5. The van der Waals surface area contributed by atoms with Crippen molar-refractivity contribution in [3.63, 3.8) is 0 Å². The highest BCUT2D eigenvalue weighted by Crippen LogP contribution is 2.22. The second kappa shape index (κ2) is 6.76. The molecular formula is C18H19N5OS. The molecule has 1 atom stereocenters. The maximum Gasteiger partial charge on any atom is 0.253 e. The fourth-order valence-corrected chi connectivity index (χ4v) is 4.24. The van der Waals surface area contributed by atoms with Crippen molar-refractivity contribution in [2.45, 2.75) is 12.8 Å². The topological polar surface area (TPSA) is 63.4 Å². The van der Waals surface area contributed by atoms with Gasteiger partial charge in [0.25, 0.3) is 5.91 Å². The molecule has 1 saturated heterocycles. The van der Waals surface area contributed by atoms with E-state index in [4.69, 9.17) is 0 Å². The van der Waals surface area contributed by atoms with Crippen molar-refractivity contribution in [2.24, 2.45) is 18.0 Å². The molecule has 0 aliphatic carbocycles. The molecule has 1 fully saturated rings. The fourth-order valence-electron chi connectivity index (χ4n) is 3.22. The number of amides is 1. The number of carbonyl (C=O) groups excluding carboxylic acids is 1. The first kappa shape index (κ1) is 16.0. The van der Waals surface area contributed by atoms with Crippen LogP contribution in [0.4, 0.5) is 5.82 Å². The summed E-state index contributed by atoms with van der Waals surface area (Å²) >= 11 is 1.55. The molecule has 0 spiro atoms. The van der Waals surface area contributed by atoms with E-state index in [1.54, 1.807) is 29.9 Å². The van der Waals surface area contributed by atoms with Gasteiger partial charge in [0.1, 0.15) is 5.82 Å². The van der Waals surface area contributed by atoms with Crippen LogP contribution in [0.25, 0.3) is 10.2 Å². The van der Waals surface area contributed by atoms with Crippen LogP contribution in [0.1, 0.15) is 12.8 Å². The number of para-hydroxylation sites is 1. The quantitative estimate of drug-likeness (QED) is 0.710. The fraction of sp³-hybridized carbons (Fsp3) is 0.333. The number of rotatable bonds is 2. The van der Waals surface area contributed by atoms with E-state index in [1.807, 2.05) is 29.8 Å². The molecule has 3 heterocycles. The zero-order chi connectivity index (χ0) is 17.2. The minimum absolute atomic E-state index is 0.0456. The van der Waals surface area contributed by atoms with Gasteiger partial charge >= 0.3 is 0 Å². The summed E-state index contributed by atoms with van der Waals surface area (Å²) in [5.41, 5.74) is 1.10. The molecule has 128 valence electrons. The van der Waals surface area contributed by atoms with Gasteiger partial charge in [-0.25, -0.2) is 4.98 Å². The van der Waals surface area contributed by atoms with E-state index < -0.39 is 0 Å². The van der Waals surface area contributed by atoms with Crippen LogP contribution in [-0.4, -0.2) is 33.5 Å². The lowest BCUT2D eigenvalue weighted by molar-refractivity contribution is -0.122. The Morgan fingerprint density at radius 3 is 3.00 bits per heavy atom. The monoisotopic (exact) mass is 353 g/mol. The number of aryl methyl sites for hydroxylation is 1. The van der Waals surface area contributed by atoms with Gasteiger partial charge in [-0.2, -0.15) is 4.99 Å². The Bertz CT molecular complexity index is 962. The van der Waals surface area contributed by atoms with Gasteiger partial charge in [-0.1, -0.05) is 23.5 Å². The zero-order valence-corrected chi connectivity index (χ0v) is 14.8. The lowest BCUT2D eigenvalue weighted by atomic mass is 9.97. The molecule has 1 unspecified atom stereocenters. The van der Waals surface area contributed by atoms with Crippen LogP contribution in [0.15, 0.2) is 47.8 Å². The molecule has 7 heteroatoms. The van der Waals surface area contributed by atoms with Crippen molar-refractivity contribution in [1.29, 1.82) is 0 Å². The van der Waals surface area contributed by atoms with E-state index in [-0.39, 0.29) is 11.8 Å². The third-order valence-corrected chi connectivity index (χ3v) is 5.68. The van der Waals surface area contributed by atoms with E-state index in [0.29, 0.717) is 6.54 Å². The van der Waals surface area contributed by atoms with E-state index in [1.165, 1.54) is 0 Å². The summed E-state index contributed by atoms with van der Waals surface area (Å²) in [6, 6.07) is 8.11. The molecule has 1 aliphatic rings. The first-order valence-electron chi connectivity index (χ1n) is 8.36. The van der Waals surface area contributed by atoms with Gasteiger partial charge in [-0.3, -0.25) is 9.78 Å². The van der Waals surface area contributed by atoms with E-state index in [9.17, 15) is 4.79 Å². The molecule has 2 aromatic heterocycles. The smallest absolute Gasteiger partial charge is 0.253 e. The normalized spacial score (nSPS) is 18.7. The molecule has 1 amide bonds. The molecule has 1 aromatic carbocycles. The molecule has 6 nitrogen and oxygen atoms in total. The molecule has 0 N–H and O–H groups in total. The van der Waals surface area contributed by atoms with Crippen LogP contribution in [0.3, 0.4) is 0 Å². The van der Waals surface area contributed by atoms with Crippen molar-refractivity contribution in [2.75, 3.05) is 18.0 Å². The lowest BCUT2D eigenvalue weighted by Gasteiger charge is -2.31. The van der Waals surface area contributed by atoms with E-state index in [0.717, 1.165) is 40.2 Å². The highest BCUT2D eigenvalue weighted by molar-refractivity contribution is 7.16. The van der Waals surface area contributed by atoms with Crippen molar-refractivity contribution in [1.82, 2.24) is 14.5 Å². The van der Waals surface area contributed by atoms with Gasteiger partial charge in [0.15, 0.2) is 4.80 Å². The van der Waals surface area contributed by atoms with Crippen LogP contribution < -0.4 is 9.70 Å². The average molecular weight is 353 g/mol. The minimum Gasteiger partial charge on any atom is -0.355 e. The van der Waals surface area contributed by atoms with Gasteiger partial charge < -0.3 is 9.47 Å². The Morgan fingerprint density at radius 2 is 2.20 bits per heavy atom. The number of piperidine rings is 1. The van der Waals surface area contributed by atoms with Crippen LogP contribution in [0, 0.1) is 5.92 Å². The lowest BCUT2D eigenvalue weighted by Crippen LogP contribution is -2.39. The summed E-state index contributed by atoms with van der Waals surface area (Å²) in [7, 11) is 1.96. The zero-order valence-electron chi connectivity index (χ0n) is 14.0. The van der Waals surface area contributed by atoms with Crippen molar-refractivity contribution < 1.29 is 4.79 Å². The number of thiazole rings is 1. The van der Waals surface area contributed by atoms with Crippen LogP contribution in [0.2, 0.25) is 0 Å². The van der Waals surface area contributed by atoms with Gasteiger partial charge in [0.05, 0.1) is 22.3 Å². The van der Waals surface area contributed by atoms with Crippen LogP contribution in [0.5, 0.6) is 0 Å². The maximum atomic E-state index is 12.7. The summed E-state index contributed by atoms with van der Waals surface area (Å²) in [6.45, 7) is 1.55. The molecule has 25 heavy (non-hydrogen) atoms. The Labute approximate surface area is 149 Å². The SMILES string of the molecule is Cn1c(=NC(=O)C2CCCN(c3cnccn3)C2)sc2ccccc21. The van der Waals surface area contributed by atoms with Crippen LogP contribution in [-0.2, 0) is 11.8 Å². The highest BCUT2D eigenvalue weighted by atomic mass is 32.1. The second-order valence-electron chi connectivity index (χ2n) is 6.21. The molecule has 0 bridgehead atoms. The summed E-state index contributed by atoms with van der Waals surface area (Å²) in [5.74, 6) is 0.684.